The van der Waals surface area contributed by atoms with E-state index >= 15 is 0 Å². The minimum atomic E-state index is 0.0235. The van der Waals surface area contributed by atoms with Crippen LogP contribution in [-0.2, 0) is 4.74 Å². The van der Waals surface area contributed by atoms with Crippen LogP contribution >= 0.6 is 11.3 Å². The van der Waals surface area contributed by atoms with Crippen LogP contribution < -0.4 is 5.32 Å². The van der Waals surface area contributed by atoms with Crippen LogP contribution in [0.3, 0.4) is 0 Å². The van der Waals surface area contributed by atoms with Crippen molar-refractivity contribution in [2.45, 2.75) is 51.7 Å². The summed E-state index contributed by atoms with van der Waals surface area (Å²) in [6.45, 7) is 7.17. The molecule has 16 heavy (non-hydrogen) atoms. The number of hydrogen-bond acceptors (Lipinski definition) is 5. The zero-order chi connectivity index (χ0) is 11.6. The van der Waals surface area contributed by atoms with Crippen molar-refractivity contribution in [3.8, 4) is 0 Å². The lowest BCUT2D eigenvalue weighted by Gasteiger charge is -2.37. The van der Waals surface area contributed by atoms with Crippen molar-refractivity contribution in [1.29, 1.82) is 0 Å². The van der Waals surface area contributed by atoms with Gasteiger partial charge in [-0.25, -0.2) is 0 Å². The van der Waals surface area contributed by atoms with Gasteiger partial charge in [0.25, 0.3) is 0 Å². The Kier molecular flexibility index (Phi) is 3.44. The topological polar surface area (TPSA) is 47.0 Å². The molecule has 2 atom stereocenters. The number of aromatic nitrogens is 2. The number of rotatable bonds is 3. The zero-order valence-corrected chi connectivity index (χ0v) is 10.9. The Morgan fingerprint density at radius 3 is 3.00 bits per heavy atom. The average molecular weight is 241 g/mol. The Hall–Kier alpha value is -0.680. The quantitative estimate of drug-likeness (QED) is 0.883. The Morgan fingerprint density at radius 1 is 1.56 bits per heavy atom. The number of anilines is 1. The molecule has 1 aliphatic rings. The second-order valence-corrected chi connectivity index (χ2v) is 5.79. The summed E-state index contributed by atoms with van der Waals surface area (Å²) < 4.78 is 5.82. The molecule has 1 saturated heterocycles. The summed E-state index contributed by atoms with van der Waals surface area (Å²) in [5.74, 6) is 0. The van der Waals surface area contributed by atoms with Crippen LogP contribution in [0.15, 0.2) is 0 Å². The largest absolute Gasteiger partial charge is 0.375 e. The first-order valence-electron chi connectivity index (χ1n) is 5.82. The lowest BCUT2D eigenvalue weighted by molar-refractivity contribution is -0.0708. The molecule has 0 saturated carbocycles. The molecule has 0 aromatic carbocycles. The van der Waals surface area contributed by atoms with E-state index in [1.165, 1.54) is 0 Å². The van der Waals surface area contributed by atoms with Crippen LogP contribution in [0.2, 0.25) is 0 Å². The van der Waals surface area contributed by atoms with Crippen LogP contribution in [0.4, 0.5) is 5.13 Å². The molecule has 2 heterocycles. The van der Waals surface area contributed by atoms with Gasteiger partial charge in [0, 0.05) is 12.6 Å². The molecule has 0 bridgehead atoms. The normalized spacial score (nSPS) is 30.3. The second kappa shape index (κ2) is 4.67. The third-order valence-electron chi connectivity index (χ3n) is 3.20. The van der Waals surface area contributed by atoms with Gasteiger partial charge in [-0.05, 0) is 33.1 Å². The van der Waals surface area contributed by atoms with Gasteiger partial charge in [-0.1, -0.05) is 18.3 Å². The SMILES string of the molecule is CCC1(C)CC(Nc2nnc(C)s2)CCO1. The van der Waals surface area contributed by atoms with Gasteiger partial charge in [-0.3, -0.25) is 0 Å². The molecular weight excluding hydrogens is 222 g/mol. The lowest BCUT2D eigenvalue weighted by Crippen LogP contribution is -2.41. The summed E-state index contributed by atoms with van der Waals surface area (Å²) in [5.41, 5.74) is 0.0235. The molecule has 90 valence electrons. The van der Waals surface area contributed by atoms with Crippen molar-refractivity contribution in [3.05, 3.63) is 5.01 Å². The van der Waals surface area contributed by atoms with Crippen molar-refractivity contribution in [2.24, 2.45) is 0 Å². The third kappa shape index (κ3) is 2.71. The predicted molar refractivity (Wildman–Crippen MR) is 65.9 cm³/mol. The van der Waals surface area contributed by atoms with Gasteiger partial charge in [0.15, 0.2) is 0 Å². The first-order chi connectivity index (χ1) is 7.61. The Balaban J connectivity index is 1.95. The molecule has 2 rings (SSSR count). The summed E-state index contributed by atoms with van der Waals surface area (Å²) >= 11 is 1.61. The van der Waals surface area contributed by atoms with Gasteiger partial charge < -0.3 is 10.1 Å². The molecule has 0 spiro atoms. The second-order valence-electron chi connectivity index (χ2n) is 4.61. The maximum Gasteiger partial charge on any atom is 0.205 e. The van der Waals surface area contributed by atoms with Gasteiger partial charge >= 0.3 is 0 Å². The Morgan fingerprint density at radius 2 is 2.38 bits per heavy atom. The standard InChI is InChI=1S/C11H19N3OS/c1-4-11(3)7-9(5-6-15-11)12-10-14-13-8(2)16-10/h9H,4-7H2,1-3H3,(H,12,14). The molecule has 1 fully saturated rings. The van der Waals surface area contributed by atoms with Gasteiger partial charge in [-0.15, -0.1) is 10.2 Å². The Labute approximate surface area is 100 Å². The highest BCUT2D eigenvalue weighted by atomic mass is 32.1. The van der Waals surface area contributed by atoms with E-state index in [9.17, 15) is 0 Å². The lowest BCUT2D eigenvalue weighted by atomic mass is 9.90. The minimum Gasteiger partial charge on any atom is -0.375 e. The first-order valence-corrected chi connectivity index (χ1v) is 6.63. The van der Waals surface area contributed by atoms with E-state index in [0.717, 1.165) is 36.0 Å². The van der Waals surface area contributed by atoms with E-state index in [1.54, 1.807) is 11.3 Å². The number of hydrogen-bond donors (Lipinski definition) is 1. The molecule has 5 heteroatoms. The summed E-state index contributed by atoms with van der Waals surface area (Å²) in [6.07, 6.45) is 3.15. The van der Waals surface area contributed by atoms with E-state index in [4.69, 9.17) is 4.74 Å². The predicted octanol–water partition coefficient (Wildman–Crippen LogP) is 2.61. The van der Waals surface area contributed by atoms with Crippen molar-refractivity contribution in [1.82, 2.24) is 10.2 Å². The van der Waals surface area contributed by atoms with Crippen LogP contribution in [0.1, 0.15) is 38.1 Å². The molecule has 1 aromatic rings. The fourth-order valence-corrected chi connectivity index (χ4v) is 2.70. The maximum absolute atomic E-state index is 5.82. The van der Waals surface area contributed by atoms with Crippen molar-refractivity contribution in [3.63, 3.8) is 0 Å². The summed E-state index contributed by atoms with van der Waals surface area (Å²) in [7, 11) is 0. The monoisotopic (exact) mass is 241 g/mol. The molecule has 0 amide bonds. The van der Waals surface area contributed by atoms with Crippen LogP contribution in [0, 0.1) is 6.92 Å². The molecule has 4 nitrogen and oxygen atoms in total. The van der Waals surface area contributed by atoms with E-state index in [1.807, 2.05) is 6.92 Å². The maximum atomic E-state index is 5.82. The highest BCUT2D eigenvalue weighted by molar-refractivity contribution is 7.15. The first kappa shape index (κ1) is 11.8. The number of nitrogens with zero attached hydrogens (tertiary/aromatic N) is 2. The summed E-state index contributed by atoms with van der Waals surface area (Å²) in [5, 5.41) is 13.5. The fraction of sp³-hybridized carbons (Fsp3) is 0.818. The average Bonchev–Trinajstić information content (AvgIpc) is 2.64. The fourth-order valence-electron chi connectivity index (χ4n) is 2.03. The summed E-state index contributed by atoms with van der Waals surface area (Å²) in [4.78, 5) is 0. The van der Waals surface area contributed by atoms with Crippen molar-refractivity contribution >= 4 is 16.5 Å². The number of ether oxygens (including phenoxy) is 1. The molecule has 1 aromatic heterocycles. The van der Waals surface area contributed by atoms with E-state index in [-0.39, 0.29) is 5.60 Å². The summed E-state index contributed by atoms with van der Waals surface area (Å²) in [6, 6.07) is 0.464. The van der Waals surface area contributed by atoms with Crippen molar-refractivity contribution < 1.29 is 4.74 Å². The number of aryl methyl sites for hydroxylation is 1. The third-order valence-corrected chi connectivity index (χ3v) is 3.97. The van der Waals surface area contributed by atoms with E-state index in [0.29, 0.717) is 6.04 Å². The molecule has 1 aliphatic heterocycles. The molecular formula is C11H19N3OS. The molecule has 0 aliphatic carbocycles. The van der Waals surface area contributed by atoms with Gasteiger partial charge in [0.2, 0.25) is 5.13 Å². The van der Waals surface area contributed by atoms with Crippen LogP contribution in [0.25, 0.3) is 0 Å². The Bertz CT molecular complexity index is 355. The zero-order valence-electron chi connectivity index (χ0n) is 10.1. The molecule has 1 N–H and O–H groups in total. The van der Waals surface area contributed by atoms with Gasteiger partial charge in [0.1, 0.15) is 5.01 Å². The van der Waals surface area contributed by atoms with E-state index in [2.05, 4.69) is 29.4 Å². The smallest absolute Gasteiger partial charge is 0.205 e. The van der Waals surface area contributed by atoms with Crippen LogP contribution in [-0.4, -0.2) is 28.4 Å². The van der Waals surface area contributed by atoms with Crippen molar-refractivity contribution in [2.75, 3.05) is 11.9 Å². The highest BCUT2D eigenvalue weighted by Crippen LogP contribution is 2.29. The van der Waals surface area contributed by atoms with Crippen LogP contribution in [0.5, 0.6) is 0 Å². The van der Waals surface area contributed by atoms with Gasteiger partial charge in [0.05, 0.1) is 5.60 Å². The molecule has 2 unspecified atom stereocenters. The number of nitrogens with one attached hydrogen (secondary N) is 1. The minimum absolute atomic E-state index is 0.0235. The van der Waals surface area contributed by atoms with E-state index < -0.39 is 0 Å². The van der Waals surface area contributed by atoms with Gasteiger partial charge in [-0.2, -0.15) is 0 Å². The highest BCUT2D eigenvalue weighted by Gasteiger charge is 2.31. The molecule has 0 radical (unpaired) electrons.